The van der Waals surface area contributed by atoms with Gasteiger partial charge in [-0.1, -0.05) is 18.2 Å². The molecule has 33 heavy (non-hydrogen) atoms. The Morgan fingerprint density at radius 3 is 2.76 bits per heavy atom. The Hall–Kier alpha value is -3.74. The Balaban J connectivity index is 1.24. The van der Waals surface area contributed by atoms with Gasteiger partial charge in [0.2, 0.25) is 11.9 Å². The summed E-state index contributed by atoms with van der Waals surface area (Å²) in [5.41, 5.74) is 5.85. The third-order valence-electron chi connectivity index (χ3n) is 6.23. The summed E-state index contributed by atoms with van der Waals surface area (Å²) in [7, 11) is 0. The fraction of sp³-hybridized carbons (Fsp3) is 0.308. The van der Waals surface area contributed by atoms with Gasteiger partial charge in [0, 0.05) is 53.2 Å². The smallest absolute Gasteiger partial charge is 0.227 e. The van der Waals surface area contributed by atoms with Crippen molar-refractivity contribution in [2.45, 2.75) is 39.0 Å². The normalized spacial score (nSPS) is 16.2. The second-order valence-electron chi connectivity index (χ2n) is 8.79. The first kappa shape index (κ1) is 21.1. The zero-order valence-electron chi connectivity index (χ0n) is 19.0. The number of carbonyl (C=O) groups excluding carboxylic acids is 1. The van der Waals surface area contributed by atoms with Gasteiger partial charge in [-0.15, -0.1) is 0 Å². The summed E-state index contributed by atoms with van der Waals surface area (Å²) >= 11 is 0. The standard InChI is InChI=1S/C26H28N6O/c1-17-12-18(2)30-26(29-17)31-21-9-10-23(28-15-21)19-6-5-11-32(16-19)25(33)13-20-14-27-24-8-4-3-7-22(20)24/h3-4,7-10,12,14-15,19,27H,5-6,11,13,16H2,1-2H3,(H,29,30,31). The maximum atomic E-state index is 13.1. The van der Waals surface area contributed by atoms with E-state index in [1.165, 1.54) is 0 Å². The molecule has 0 radical (unpaired) electrons. The van der Waals surface area contributed by atoms with E-state index in [0.29, 0.717) is 18.9 Å². The van der Waals surface area contributed by atoms with Crippen molar-refractivity contribution in [2.24, 2.45) is 0 Å². The first-order valence-electron chi connectivity index (χ1n) is 11.4. The number of anilines is 2. The minimum absolute atomic E-state index is 0.176. The number of nitrogens with zero attached hydrogens (tertiary/aromatic N) is 4. The molecule has 0 bridgehead atoms. The van der Waals surface area contributed by atoms with Crippen molar-refractivity contribution in [1.82, 2.24) is 24.8 Å². The number of aromatic amines is 1. The molecule has 1 aliphatic heterocycles. The van der Waals surface area contributed by atoms with Gasteiger partial charge < -0.3 is 15.2 Å². The zero-order valence-corrected chi connectivity index (χ0v) is 19.0. The molecular weight excluding hydrogens is 412 g/mol. The largest absolute Gasteiger partial charge is 0.361 e. The molecule has 5 rings (SSSR count). The summed E-state index contributed by atoms with van der Waals surface area (Å²) in [6.07, 6.45) is 6.22. The van der Waals surface area contributed by atoms with Gasteiger partial charge in [-0.05, 0) is 56.5 Å². The van der Waals surface area contributed by atoms with Gasteiger partial charge in [0.25, 0.3) is 0 Å². The summed E-state index contributed by atoms with van der Waals surface area (Å²) in [5, 5.41) is 4.35. The first-order chi connectivity index (χ1) is 16.0. The topological polar surface area (TPSA) is 86.8 Å². The van der Waals surface area contributed by atoms with Crippen LogP contribution in [-0.2, 0) is 11.2 Å². The van der Waals surface area contributed by atoms with E-state index in [0.717, 1.165) is 58.6 Å². The molecule has 7 heteroatoms. The average molecular weight is 441 g/mol. The Morgan fingerprint density at radius 1 is 1.15 bits per heavy atom. The van der Waals surface area contributed by atoms with E-state index in [2.05, 4.69) is 26.3 Å². The lowest BCUT2D eigenvalue weighted by molar-refractivity contribution is -0.131. The van der Waals surface area contributed by atoms with Crippen LogP contribution in [0.25, 0.3) is 10.9 Å². The number of H-pyrrole nitrogens is 1. The number of amides is 1. The van der Waals surface area contributed by atoms with Crippen molar-refractivity contribution in [3.8, 4) is 0 Å². The molecule has 1 fully saturated rings. The van der Waals surface area contributed by atoms with Crippen LogP contribution >= 0.6 is 0 Å². The zero-order chi connectivity index (χ0) is 22.8. The Kier molecular flexibility index (Phi) is 5.77. The van der Waals surface area contributed by atoms with Crippen molar-refractivity contribution < 1.29 is 4.79 Å². The lowest BCUT2D eigenvalue weighted by atomic mass is 9.93. The minimum Gasteiger partial charge on any atom is -0.361 e. The summed E-state index contributed by atoms with van der Waals surface area (Å²) < 4.78 is 0. The van der Waals surface area contributed by atoms with Crippen molar-refractivity contribution in [3.05, 3.63) is 77.5 Å². The molecule has 1 amide bonds. The number of aryl methyl sites for hydroxylation is 2. The van der Waals surface area contributed by atoms with Gasteiger partial charge in [0.15, 0.2) is 0 Å². The molecular formula is C26H28N6O. The van der Waals surface area contributed by atoms with Gasteiger partial charge in [0.1, 0.15) is 0 Å². The number of nitrogens with one attached hydrogen (secondary N) is 2. The van der Waals surface area contributed by atoms with Gasteiger partial charge in [-0.2, -0.15) is 0 Å². The molecule has 1 saturated heterocycles. The maximum absolute atomic E-state index is 13.1. The number of fused-ring (bicyclic) bond motifs is 1. The van der Waals surface area contributed by atoms with Crippen LogP contribution in [0.1, 0.15) is 41.4 Å². The number of para-hydroxylation sites is 1. The van der Waals surface area contributed by atoms with Gasteiger partial charge in [0.05, 0.1) is 18.3 Å². The summed E-state index contributed by atoms with van der Waals surface area (Å²) in [6, 6.07) is 14.1. The van der Waals surface area contributed by atoms with Crippen molar-refractivity contribution in [2.75, 3.05) is 18.4 Å². The van der Waals surface area contributed by atoms with Crippen LogP contribution < -0.4 is 5.32 Å². The van der Waals surface area contributed by atoms with E-state index in [1.54, 1.807) is 0 Å². The van der Waals surface area contributed by atoms with E-state index in [9.17, 15) is 4.79 Å². The highest BCUT2D eigenvalue weighted by Gasteiger charge is 2.26. The van der Waals surface area contributed by atoms with Crippen LogP contribution in [0, 0.1) is 13.8 Å². The van der Waals surface area contributed by atoms with Crippen LogP contribution in [-0.4, -0.2) is 43.8 Å². The molecule has 1 unspecified atom stereocenters. The number of hydrogen-bond donors (Lipinski definition) is 2. The summed E-state index contributed by atoms with van der Waals surface area (Å²) in [6.45, 7) is 5.42. The van der Waals surface area contributed by atoms with E-state index >= 15 is 0 Å². The molecule has 0 saturated carbocycles. The Morgan fingerprint density at radius 2 is 1.97 bits per heavy atom. The fourth-order valence-electron chi connectivity index (χ4n) is 4.63. The lowest BCUT2D eigenvalue weighted by Gasteiger charge is -2.32. The number of carbonyl (C=O) groups is 1. The molecule has 7 nitrogen and oxygen atoms in total. The molecule has 0 spiro atoms. The number of pyridine rings is 1. The number of piperidine rings is 1. The molecule has 1 aromatic carbocycles. The van der Waals surface area contributed by atoms with Gasteiger partial charge >= 0.3 is 0 Å². The highest BCUT2D eigenvalue weighted by molar-refractivity contribution is 5.89. The average Bonchev–Trinajstić information content (AvgIpc) is 3.22. The van der Waals surface area contributed by atoms with Crippen molar-refractivity contribution in [3.63, 3.8) is 0 Å². The predicted molar refractivity (Wildman–Crippen MR) is 130 cm³/mol. The first-order valence-corrected chi connectivity index (χ1v) is 11.4. The number of hydrogen-bond acceptors (Lipinski definition) is 5. The second-order valence-corrected chi connectivity index (χ2v) is 8.79. The lowest BCUT2D eigenvalue weighted by Crippen LogP contribution is -2.40. The number of aromatic nitrogens is 4. The summed E-state index contributed by atoms with van der Waals surface area (Å²) in [5.74, 6) is 1.00. The molecule has 2 N–H and O–H groups in total. The number of benzene rings is 1. The quantitative estimate of drug-likeness (QED) is 0.471. The van der Waals surface area contributed by atoms with Crippen molar-refractivity contribution in [1.29, 1.82) is 0 Å². The van der Waals surface area contributed by atoms with Crippen LogP contribution in [0.2, 0.25) is 0 Å². The van der Waals surface area contributed by atoms with Gasteiger partial charge in [-0.3, -0.25) is 9.78 Å². The fourth-order valence-corrected chi connectivity index (χ4v) is 4.63. The predicted octanol–water partition coefficient (Wildman–Crippen LogP) is 4.66. The van der Waals surface area contributed by atoms with E-state index in [1.807, 2.05) is 67.5 Å². The minimum atomic E-state index is 0.176. The number of rotatable bonds is 5. The van der Waals surface area contributed by atoms with Gasteiger partial charge in [-0.25, -0.2) is 9.97 Å². The molecule has 0 aliphatic carbocycles. The van der Waals surface area contributed by atoms with E-state index < -0.39 is 0 Å². The van der Waals surface area contributed by atoms with E-state index in [4.69, 9.17) is 4.98 Å². The highest BCUT2D eigenvalue weighted by atomic mass is 16.2. The Bertz CT molecular complexity index is 1260. The molecule has 1 atom stereocenters. The summed E-state index contributed by atoms with van der Waals surface area (Å²) in [4.78, 5) is 31.9. The molecule has 1 aliphatic rings. The maximum Gasteiger partial charge on any atom is 0.227 e. The van der Waals surface area contributed by atoms with Crippen LogP contribution in [0.4, 0.5) is 11.6 Å². The Labute approximate surface area is 193 Å². The molecule has 4 aromatic rings. The molecule has 168 valence electrons. The monoisotopic (exact) mass is 440 g/mol. The van der Waals surface area contributed by atoms with Crippen molar-refractivity contribution >= 4 is 28.4 Å². The molecule has 4 heterocycles. The van der Waals surface area contributed by atoms with E-state index in [-0.39, 0.29) is 11.8 Å². The number of likely N-dealkylation sites (tertiary alicyclic amines) is 1. The third-order valence-corrected chi connectivity index (χ3v) is 6.23. The second kappa shape index (κ2) is 9.02. The van der Waals surface area contributed by atoms with Crippen LogP contribution in [0.5, 0.6) is 0 Å². The van der Waals surface area contributed by atoms with Crippen LogP contribution in [0.3, 0.4) is 0 Å². The highest BCUT2D eigenvalue weighted by Crippen LogP contribution is 2.27. The SMILES string of the molecule is Cc1cc(C)nc(Nc2ccc(C3CCCN(C(=O)Cc4c[nH]c5ccccc45)C3)nc2)n1. The van der Waals surface area contributed by atoms with Crippen LogP contribution in [0.15, 0.2) is 54.9 Å². The third kappa shape index (κ3) is 4.72. The molecule has 3 aromatic heterocycles.